The van der Waals surface area contributed by atoms with E-state index in [9.17, 15) is 5.11 Å². The van der Waals surface area contributed by atoms with E-state index in [0.29, 0.717) is 6.61 Å². The number of ether oxygens (including phenoxy) is 2. The molecule has 1 aromatic carbocycles. The lowest BCUT2D eigenvalue weighted by Gasteiger charge is -2.37. The summed E-state index contributed by atoms with van der Waals surface area (Å²) < 4.78 is 11.4. The van der Waals surface area contributed by atoms with Crippen LogP contribution in [-0.2, 0) is 6.54 Å². The highest BCUT2D eigenvalue weighted by molar-refractivity contribution is 5.43. The molecule has 1 aromatic rings. The Morgan fingerprint density at radius 3 is 2.52 bits per heavy atom. The van der Waals surface area contributed by atoms with Crippen LogP contribution in [0.3, 0.4) is 0 Å². The largest absolute Gasteiger partial charge is 0.493 e. The molecular weight excluding hydrogens is 368 g/mol. The third-order valence-corrected chi connectivity index (χ3v) is 5.96. The molecule has 2 saturated heterocycles. The molecule has 1 N–H and O–H groups in total. The first-order chi connectivity index (χ1) is 13.9. The van der Waals surface area contributed by atoms with Gasteiger partial charge in [0.25, 0.3) is 0 Å². The van der Waals surface area contributed by atoms with Crippen molar-refractivity contribution in [3.8, 4) is 11.5 Å². The van der Waals surface area contributed by atoms with E-state index in [0.717, 1.165) is 76.8 Å². The number of hydrogen-bond donors (Lipinski definition) is 1. The average Bonchev–Trinajstić information content (AvgIpc) is 3.04. The van der Waals surface area contributed by atoms with Gasteiger partial charge in [-0.25, -0.2) is 0 Å². The van der Waals surface area contributed by atoms with Gasteiger partial charge in [-0.3, -0.25) is 9.80 Å². The Balaban J connectivity index is 1.52. The van der Waals surface area contributed by atoms with Crippen LogP contribution in [0.25, 0.3) is 0 Å². The number of benzene rings is 1. The van der Waals surface area contributed by atoms with Crippen LogP contribution in [-0.4, -0.2) is 118 Å². The molecule has 0 aromatic heterocycles. The van der Waals surface area contributed by atoms with Crippen LogP contribution in [0, 0.1) is 0 Å². The summed E-state index contributed by atoms with van der Waals surface area (Å²) in [6.07, 6.45) is 0.836. The lowest BCUT2D eigenvalue weighted by Crippen LogP contribution is -2.51. The van der Waals surface area contributed by atoms with E-state index in [1.54, 1.807) is 7.11 Å². The fourth-order valence-electron chi connectivity index (χ4n) is 4.15. The molecule has 0 aliphatic carbocycles. The zero-order valence-corrected chi connectivity index (χ0v) is 18.6. The van der Waals surface area contributed by atoms with Crippen LogP contribution >= 0.6 is 0 Å². The topological polar surface area (TPSA) is 51.7 Å². The van der Waals surface area contributed by atoms with Gasteiger partial charge in [0.15, 0.2) is 11.5 Å². The molecule has 0 saturated carbocycles. The maximum absolute atomic E-state index is 11.1. The Morgan fingerprint density at radius 1 is 1.07 bits per heavy atom. The molecule has 0 bridgehead atoms. The summed E-state index contributed by atoms with van der Waals surface area (Å²) in [5.74, 6) is 1.55. The molecule has 0 amide bonds. The zero-order valence-electron chi connectivity index (χ0n) is 18.6. The second-order valence-electron chi connectivity index (χ2n) is 8.90. The van der Waals surface area contributed by atoms with Gasteiger partial charge in [0, 0.05) is 58.9 Å². The summed E-state index contributed by atoms with van der Waals surface area (Å²) in [6, 6.07) is 6.16. The van der Waals surface area contributed by atoms with Gasteiger partial charge in [-0.1, -0.05) is 6.07 Å². The predicted octanol–water partition coefficient (Wildman–Crippen LogP) is 0.820. The number of likely N-dealkylation sites (tertiary alicyclic amines) is 1. The highest BCUT2D eigenvalue weighted by Crippen LogP contribution is 2.30. The van der Waals surface area contributed by atoms with Crippen molar-refractivity contribution < 1.29 is 14.6 Å². The molecule has 164 valence electrons. The molecule has 0 radical (unpaired) electrons. The van der Waals surface area contributed by atoms with Crippen molar-refractivity contribution >= 4 is 0 Å². The molecule has 2 fully saturated rings. The number of piperazine rings is 1. The standard InChI is InChI=1S/C22H38N4O3/c1-23(2)13-14-29-20-6-5-19(15-21(20)28-4)16-26-8-7-22(27,18-26)17-25-11-9-24(3)10-12-25/h5-6,15,27H,7-14,16-18H2,1-4H3/t22-/m1/s1. The molecule has 7 nitrogen and oxygen atoms in total. The first-order valence-electron chi connectivity index (χ1n) is 10.7. The van der Waals surface area contributed by atoms with E-state index in [-0.39, 0.29) is 0 Å². The Hall–Kier alpha value is -1.38. The summed E-state index contributed by atoms with van der Waals surface area (Å²) in [4.78, 5) is 9.20. The van der Waals surface area contributed by atoms with E-state index >= 15 is 0 Å². The fraction of sp³-hybridized carbons (Fsp3) is 0.727. The summed E-state index contributed by atoms with van der Waals surface area (Å²) in [5.41, 5.74) is 0.584. The highest BCUT2D eigenvalue weighted by Gasteiger charge is 2.37. The smallest absolute Gasteiger partial charge is 0.161 e. The number of aliphatic hydroxyl groups is 1. The minimum absolute atomic E-state index is 0.602. The minimum atomic E-state index is -0.602. The SMILES string of the molecule is COc1cc(CN2CC[C@@](O)(CN3CCN(C)CC3)C2)ccc1OCCN(C)C. The van der Waals surface area contributed by atoms with Gasteiger partial charge in [0.2, 0.25) is 0 Å². The van der Waals surface area contributed by atoms with E-state index in [4.69, 9.17) is 9.47 Å². The van der Waals surface area contributed by atoms with Gasteiger partial charge >= 0.3 is 0 Å². The quantitative estimate of drug-likeness (QED) is 0.652. The van der Waals surface area contributed by atoms with E-state index < -0.39 is 5.60 Å². The second-order valence-corrected chi connectivity index (χ2v) is 8.90. The number of rotatable bonds is 9. The van der Waals surface area contributed by atoms with Crippen LogP contribution in [0.4, 0.5) is 0 Å². The van der Waals surface area contributed by atoms with Gasteiger partial charge in [0.1, 0.15) is 6.61 Å². The van der Waals surface area contributed by atoms with Crippen LogP contribution in [0.5, 0.6) is 11.5 Å². The van der Waals surface area contributed by atoms with Crippen LogP contribution < -0.4 is 9.47 Å². The summed E-state index contributed by atoms with van der Waals surface area (Å²) in [6.45, 7) is 9.01. The Kier molecular flexibility index (Phi) is 7.76. The van der Waals surface area contributed by atoms with Gasteiger partial charge in [0.05, 0.1) is 12.7 Å². The molecule has 0 spiro atoms. The normalized spacial score (nSPS) is 24.3. The Labute approximate surface area is 175 Å². The van der Waals surface area contributed by atoms with Crippen LogP contribution in [0.1, 0.15) is 12.0 Å². The maximum Gasteiger partial charge on any atom is 0.161 e. The summed E-state index contributed by atoms with van der Waals surface area (Å²) in [7, 11) is 7.91. The fourth-order valence-corrected chi connectivity index (χ4v) is 4.15. The van der Waals surface area contributed by atoms with Crippen molar-refractivity contribution in [2.45, 2.75) is 18.6 Å². The first-order valence-corrected chi connectivity index (χ1v) is 10.7. The Morgan fingerprint density at radius 2 is 1.83 bits per heavy atom. The molecule has 0 unspecified atom stereocenters. The van der Waals surface area contributed by atoms with Crippen molar-refractivity contribution in [2.75, 3.05) is 87.2 Å². The van der Waals surface area contributed by atoms with Gasteiger partial charge < -0.3 is 24.4 Å². The van der Waals surface area contributed by atoms with Crippen molar-refractivity contribution in [2.24, 2.45) is 0 Å². The first kappa shape index (κ1) is 22.3. The van der Waals surface area contributed by atoms with Gasteiger partial charge in [-0.05, 0) is 45.3 Å². The maximum atomic E-state index is 11.1. The monoisotopic (exact) mass is 406 g/mol. The lowest BCUT2D eigenvalue weighted by molar-refractivity contribution is -0.000371. The van der Waals surface area contributed by atoms with Crippen molar-refractivity contribution in [3.05, 3.63) is 23.8 Å². The van der Waals surface area contributed by atoms with Crippen molar-refractivity contribution in [1.29, 1.82) is 0 Å². The second kappa shape index (κ2) is 10.1. The highest BCUT2D eigenvalue weighted by atomic mass is 16.5. The molecule has 2 aliphatic heterocycles. The summed E-state index contributed by atoms with van der Waals surface area (Å²) in [5, 5.41) is 11.1. The third kappa shape index (κ3) is 6.55. The van der Waals surface area contributed by atoms with Crippen LogP contribution in [0.2, 0.25) is 0 Å². The van der Waals surface area contributed by atoms with Crippen LogP contribution in [0.15, 0.2) is 18.2 Å². The van der Waals surface area contributed by atoms with E-state index in [1.165, 1.54) is 5.56 Å². The molecule has 2 aliphatic rings. The van der Waals surface area contributed by atoms with Gasteiger partial charge in [-0.2, -0.15) is 0 Å². The number of hydrogen-bond acceptors (Lipinski definition) is 7. The molecule has 7 heteroatoms. The van der Waals surface area contributed by atoms with E-state index in [2.05, 4.69) is 38.8 Å². The lowest BCUT2D eigenvalue weighted by atomic mass is 10.0. The molecular formula is C22H38N4O3. The molecule has 29 heavy (non-hydrogen) atoms. The number of likely N-dealkylation sites (N-methyl/N-ethyl adjacent to an activating group) is 2. The predicted molar refractivity (Wildman–Crippen MR) is 116 cm³/mol. The van der Waals surface area contributed by atoms with Crippen molar-refractivity contribution in [3.63, 3.8) is 0 Å². The number of β-amino-alcohol motifs (C(OH)–C–C–N with tert-alkyl or cyclic N) is 1. The molecule has 2 heterocycles. The zero-order chi connectivity index (χ0) is 20.9. The molecule has 1 atom stereocenters. The van der Waals surface area contributed by atoms with E-state index in [1.807, 2.05) is 20.2 Å². The average molecular weight is 407 g/mol. The summed E-state index contributed by atoms with van der Waals surface area (Å²) >= 11 is 0. The Bertz CT molecular complexity index is 649. The number of nitrogens with zero attached hydrogens (tertiary/aromatic N) is 4. The third-order valence-electron chi connectivity index (χ3n) is 5.96. The van der Waals surface area contributed by atoms with Gasteiger partial charge in [-0.15, -0.1) is 0 Å². The molecule has 3 rings (SSSR count). The minimum Gasteiger partial charge on any atom is -0.493 e. The van der Waals surface area contributed by atoms with Crippen molar-refractivity contribution in [1.82, 2.24) is 19.6 Å². The number of methoxy groups -OCH3 is 1.